The maximum atomic E-state index is 12.5. The first-order valence-electron chi connectivity index (χ1n) is 6.92. The summed E-state index contributed by atoms with van der Waals surface area (Å²) in [6.07, 6.45) is -2.19. The fraction of sp³-hybridized carbons (Fsp3) is 0.538. The second kappa shape index (κ2) is 6.39. The summed E-state index contributed by atoms with van der Waals surface area (Å²) < 4.78 is 38.1. The van der Waals surface area contributed by atoms with Gasteiger partial charge in [-0.1, -0.05) is 0 Å². The van der Waals surface area contributed by atoms with E-state index in [1.807, 2.05) is 0 Å². The zero-order valence-electron chi connectivity index (χ0n) is 12.0. The third-order valence-corrected chi connectivity index (χ3v) is 3.63. The van der Waals surface area contributed by atoms with Gasteiger partial charge in [0.2, 0.25) is 11.8 Å². The van der Waals surface area contributed by atoms with Crippen molar-refractivity contribution in [2.75, 3.05) is 6.54 Å². The van der Waals surface area contributed by atoms with Crippen molar-refractivity contribution < 1.29 is 22.8 Å². The fourth-order valence-corrected chi connectivity index (χ4v) is 2.46. The van der Waals surface area contributed by atoms with Gasteiger partial charge in [0.1, 0.15) is 12.6 Å². The number of carbonyl (C=O) groups excluding carboxylic acids is 2. The highest BCUT2D eigenvalue weighted by atomic mass is 19.4. The Morgan fingerprint density at radius 3 is 2.61 bits per heavy atom. The van der Waals surface area contributed by atoms with E-state index >= 15 is 0 Å². The molecule has 2 rings (SSSR count). The largest absolute Gasteiger partial charge is 0.433 e. The van der Waals surface area contributed by atoms with E-state index in [0.717, 1.165) is 11.0 Å². The van der Waals surface area contributed by atoms with E-state index in [2.05, 4.69) is 4.98 Å². The zero-order chi connectivity index (χ0) is 17.2. The lowest BCUT2D eigenvalue weighted by Gasteiger charge is -2.33. The molecule has 1 atom stereocenters. The molecule has 2 amide bonds. The molecule has 2 N–H and O–H groups in total. The van der Waals surface area contributed by atoms with Gasteiger partial charge in [-0.2, -0.15) is 13.2 Å². The van der Waals surface area contributed by atoms with Crippen molar-refractivity contribution in [3.8, 4) is 0 Å². The first-order valence-corrected chi connectivity index (χ1v) is 6.92. The van der Waals surface area contributed by atoms with Crippen LogP contribution in [0.2, 0.25) is 0 Å². The van der Waals surface area contributed by atoms with Crippen LogP contribution < -0.4 is 11.3 Å². The lowest BCUT2D eigenvalue weighted by molar-refractivity contribution is -0.142. The van der Waals surface area contributed by atoms with Crippen LogP contribution in [0.1, 0.15) is 25.0 Å². The van der Waals surface area contributed by atoms with Crippen LogP contribution in [0.4, 0.5) is 13.2 Å². The number of likely N-dealkylation sites (tertiary alicyclic amines) is 1. The maximum Gasteiger partial charge on any atom is 0.433 e. The first kappa shape index (κ1) is 17.0. The molecule has 0 saturated carbocycles. The normalized spacial score (nSPS) is 18.7. The molecule has 23 heavy (non-hydrogen) atoms. The van der Waals surface area contributed by atoms with Crippen LogP contribution in [0, 0.1) is 0 Å². The number of primary amides is 1. The molecule has 10 heteroatoms. The van der Waals surface area contributed by atoms with Crippen LogP contribution >= 0.6 is 0 Å². The van der Waals surface area contributed by atoms with Crippen molar-refractivity contribution >= 4 is 11.8 Å². The number of hydrogen-bond acceptors (Lipinski definition) is 4. The molecule has 1 aliphatic heterocycles. The van der Waals surface area contributed by atoms with E-state index < -0.39 is 41.8 Å². The molecule has 1 aliphatic rings. The van der Waals surface area contributed by atoms with E-state index in [-0.39, 0.29) is 0 Å². The van der Waals surface area contributed by atoms with Crippen molar-refractivity contribution in [3.63, 3.8) is 0 Å². The van der Waals surface area contributed by atoms with Gasteiger partial charge in [0, 0.05) is 12.6 Å². The van der Waals surface area contributed by atoms with E-state index in [1.165, 1.54) is 4.90 Å². The van der Waals surface area contributed by atoms with Gasteiger partial charge in [0.15, 0.2) is 5.69 Å². The van der Waals surface area contributed by atoms with Crippen LogP contribution in [0.25, 0.3) is 0 Å². The standard InChI is InChI=1S/C13H15F3N4O3/c14-13(15,16)9-5-10(21)19(7-18-9)6-11(22)20-4-2-1-3-8(20)12(17)23/h5,7-8H,1-4,6H2,(H2,17,23). The fourth-order valence-electron chi connectivity index (χ4n) is 2.46. The molecule has 1 saturated heterocycles. The van der Waals surface area contributed by atoms with Gasteiger partial charge in [0.05, 0.1) is 6.33 Å². The molecule has 0 spiro atoms. The summed E-state index contributed by atoms with van der Waals surface area (Å²) in [5.41, 5.74) is 2.94. The maximum absolute atomic E-state index is 12.5. The Bertz CT molecular complexity index is 671. The Balaban J connectivity index is 2.17. The lowest BCUT2D eigenvalue weighted by Crippen LogP contribution is -2.51. The third-order valence-electron chi connectivity index (χ3n) is 3.63. The third kappa shape index (κ3) is 3.88. The number of amides is 2. The highest BCUT2D eigenvalue weighted by molar-refractivity contribution is 5.86. The number of hydrogen-bond donors (Lipinski definition) is 1. The Kier molecular flexibility index (Phi) is 4.71. The van der Waals surface area contributed by atoms with E-state index in [1.54, 1.807) is 0 Å². The average Bonchev–Trinajstić information content (AvgIpc) is 2.48. The van der Waals surface area contributed by atoms with Crippen LogP contribution in [0.5, 0.6) is 0 Å². The van der Waals surface area contributed by atoms with Crippen LogP contribution in [0.3, 0.4) is 0 Å². The molecular weight excluding hydrogens is 317 g/mol. The summed E-state index contributed by atoms with van der Waals surface area (Å²) in [6, 6.07) is -0.427. The van der Waals surface area contributed by atoms with Crippen molar-refractivity contribution in [1.82, 2.24) is 14.5 Å². The minimum atomic E-state index is -4.73. The van der Waals surface area contributed by atoms with Gasteiger partial charge < -0.3 is 10.6 Å². The Labute approximate surface area is 128 Å². The molecule has 0 aliphatic carbocycles. The van der Waals surface area contributed by atoms with Gasteiger partial charge in [-0.15, -0.1) is 0 Å². The molecule has 126 valence electrons. The number of aromatic nitrogens is 2. The lowest BCUT2D eigenvalue weighted by atomic mass is 10.0. The molecule has 7 nitrogen and oxygen atoms in total. The number of nitrogens with two attached hydrogens (primary N) is 1. The SMILES string of the molecule is NC(=O)C1CCCCN1C(=O)Cn1cnc(C(F)(F)F)cc1=O. The Morgan fingerprint density at radius 1 is 1.35 bits per heavy atom. The van der Waals surface area contributed by atoms with E-state index in [4.69, 9.17) is 5.73 Å². The smallest absolute Gasteiger partial charge is 0.368 e. The van der Waals surface area contributed by atoms with Crippen molar-refractivity contribution in [2.45, 2.75) is 38.0 Å². The van der Waals surface area contributed by atoms with Crippen molar-refractivity contribution in [3.05, 3.63) is 28.4 Å². The summed E-state index contributed by atoms with van der Waals surface area (Å²) in [4.78, 5) is 39.7. The van der Waals surface area contributed by atoms with Crippen LogP contribution in [-0.2, 0) is 22.3 Å². The topological polar surface area (TPSA) is 98.3 Å². The summed E-state index contributed by atoms with van der Waals surface area (Å²) in [5, 5.41) is 0. The highest BCUT2D eigenvalue weighted by Gasteiger charge is 2.34. The number of nitrogens with zero attached hydrogens (tertiary/aromatic N) is 3. The van der Waals surface area contributed by atoms with Gasteiger partial charge in [-0.3, -0.25) is 19.0 Å². The molecule has 0 radical (unpaired) electrons. The molecule has 1 fully saturated rings. The predicted molar refractivity (Wildman–Crippen MR) is 72.0 cm³/mol. The monoisotopic (exact) mass is 332 g/mol. The van der Waals surface area contributed by atoms with E-state index in [0.29, 0.717) is 31.8 Å². The van der Waals surface area contributed by atoms with Gasteiger partial charge in [-0.05, 0) is 19.3 Å². The number of rotatable bonds is 3. The second-order valence-electron chi connectivity index (χ2n) is 5.24. The van der Waals surface area contributed by atoms with Crippen LogP contribution in [0.15, 0.2) is 17.2 Å². The summed E-state index contributed by atoms with van der Waals surface area (Å²) in [5.74, 6) is -1.20. The summed E-state index contributed by atoms with van der Waals surface area (Å²) >= 11 is 0. The number of piperidine rings is 1. The molecule has 2 heterocycles. The first-order chi connectivity index (χ1) is 10.7. The highest BCUT2D eigenvalue weighted by Crippen LogP contribution is 2.25. The second-order valence-corrected chi connectivity index (χ2v) is 5.24. The minimum Gasteiger partial charge on any atom is -0.368 e. The number of carbonyl (C=O) groups is 2. The average molecular weight is 332 g/mol. The van der Waals surface area contributed by atoms with Crippen LogP contribution in [-0.4, -0.2) is 38.9 Å². The zero-order valence-corrected chi connectivity index (χ0v) is 12.0. The van der Waals surface area contributed by atoms with Crippen molar-refractivity contribution in [1.29, 1.82) is 0 Å². The molecule has 0 aromatic carbocycles. The number of halogens is 3. The molecule has 0 bridgehead atoms. The summed E-state index contributed by atoms with van der Waals surface area (Å²) in [6.45, 7) is -0.178. The molecular formula is C13H15F3N4O3. The quantitative estimate of drug-likeness (QED) is 0.850. The minimum absolute atomic E-state index is 0.315. The predicted octanol–water partition coefficient (Wildman–Crippen LogP) is 0.128. The Hall–Kier alpha value is -2.39. The molecule has 1 aromatic heterocycles. The van der Waals surface area contributed by atoms with Gasteiger partial charge in [-0.25, -0.2) is 4.98 Å². The molecule has 1 unspecified atom stereocenters. The Morgan fingerprint density at radius 2 is 2.04 bits per heavy atom. The molecule has 1 aromatic rings. The number of alkyl halides is 3. The van der Waals surface area contributed by atoms with Crippen molar-refractivity contribution in [2.24, 2.45) is 5.73 Å². The van der Waals surface area contributed by atoms with E-state index in [9.17, 15) is 27.6 Å². The van der Waals surface area contributed by atoms with Gasteiger partial charge >= 0.3 is 6.18 Å². The van der Waals surface area contributed by atoms with Gasteiger partial charge in [0.25, 0.3) is 5.56 Å². The summed E-state index contributed by atoms with van der Waals surface area (Å²) in [7, 11) is 0.